The van der Waals surface area contributed by atoms with E-state index in [2.05, 4.69) is 4.98 Å². The van der Waals surface area contributed by atoms with Gasteiger partial charge in [-0.1, -0.05) is 47.5 Å². The van der Waals surface area contributed by atoms with Gasteiger partial charge < -0.3 is 19.5 Å². The molecule has 1 spiro atoms. The summed E-state index contributed by atoms with van der Waals surface area (Å²) in [6.07, 6.45) is 4.60. The van der Waals surface area contributed by atoms with Crippen LogP contribution >= 0.6 is 46.6 Å². The van der Waals surface area contributed by atoms with E-state index in [1.54, 1.807) is 25.3 Å². The number of benzene rings is 2. The molecule has 3 heterocycles. The van der Waals surface area contributed by atoms with Crippen LogP contribution in [-0.2, 0) is 23.3 Å². The first-order valence-corrected chi connectivity index (χ1v) is 16.1. The summed E-state index contributed by atoms with van der Waals surface area (Å²) in [5.74, 6) is 0.0140. The van der Waals surface area contributed by atoms with E-state index < -0.39 is 22.5 Å². The summed E-state index contributed by atoms with van der Waals surface area (Å²) in [6.45, 7) is 2.75. The van der Waals surface area contributed by atoms with E-state index in [1.807, 2.05) is 17.9 Å². The molecule has 1 saturated heterocycles. The second-order valence-electron chi connectivity index (χ2n) is 11.4. The van der Waals surface area contributed by atoms with Gasteiger partial charge in [0.1, 0.15) is 17.0 Å². The van der Waals surface area contributed by atoms with Gasteiger partial charge in [-0.05, 0) is 85.2 Å². The fourth-order valence-corrected chi connectivity index (χ4v) is 8.23. The molecule has 1 N–H and O–H groups in total. The molecule has 1 aliphatic carbocycles. The van der Waals surface area contributed by atoms with E-state index >= 15 is 0 Å². The number of hydrogen-bond donors (Lipinski definition) is 1. The minimum absolute atomic E-state index is 0.0697. The number of anilines is 1. The lowest BCUT2D eigenvalue weighted by Crippen LogP contribution is -2.52. The van der Waals surface area contributed by atoms with Crippen molar-refractivity contribution in [3.63, 3.8) is 0 Å². The minimum atomic E-state index is -3.89. The number of carbonyl (C=O) groups excluding carboxylic acids is 2. The zero-order valence-electron chi connectivity index (χ0n) is 23.9. The Morgan fingerprint density at radius 3 is 2.39 bits per heavy atom. The van der Waals surface area contributed by atoms with Gasteiger partial charge in [-0.2, -0.15) is 8.78 Å². The second-order valence-corrected chi connectivity index (χ2v) is 13.8. The number of nitrogens with one attached hydrogen (secondary N) is 1. The highest BCUT2D eigenvalue weighted by Gasteiger charge is 2.49. The Morgan fingerprint density at radius 2 is 1.77 bits per heavy atom. The number of aromatic nitrogens is 1. The van der Waals surface area contributed by atoms with Gasteiger partial charge in [-0.25, -0.2) is 0 Å². The van der Waals surface area contributed by atoms with Crippen molar-refractivity contribution in [2.45, 2.75) is 67.3 Å². The van der Waals surface area contributed by atoms with E-state index in [9.17, 15) is 23.2 Å². The fourth-order valence-electron chi connectivity index (χ4n) is 6.49. The van der Waals surface area contributed by atoms with Crippen LogP contribution in [0.4, 0.5) is 14.5 Å². The van der Waals surface area contributed by atoms with Crippen molar-refractivity contribution in [2.24, 2.45) is 5.41 Å². The first kappa shape index (κ1) is 31.2. The molecule has 13 heteroatoms. The predicted molar refractivity (Wildman–Crippen MR) is 167 cm³/mol. The van der Waals surface area contributed by atoms with Crippen molar-refractivity contribution >= 4 is 64.1 Å². The number of methoxy groups -OCH3 is 1. The van der Waals surface area contributed by atoms with E-state index in [0.29, 0.717) is 22.9 Å². The number of nitrogens with zero attached hydrogens (tertiary/aromatic N) is 2. The number of H-pyrrole nitrogens is 1. The summed E-state index contributed by atoms with van der Waals surface area (Å²) in [4.78, 5) is 46.5. The van der Waals surface area contributed by atoms with Crippen molar-refractivity contribution < 1.29 is 23.1 Å². The first-order chi connectivity index (χ1) is 20.8. The third kappa shape index (κ3) is 5.27. The number of aromatic amines is 1. The van der Waals surface area contributed by atoms with Crippen molar-refractivity contribution in [3.05, 3.63) is 78.7 Å². The smallest absolute Gasteiger partial charge is 0.362 e. The summed E-state index contributed by atoms with van der Waals surface area (Å²) in [5, 5.41) is -3.45. The van der Waals surface area contributed by atoms with Gasteiger partial charge in [0.2, 0.25) is 5.91 Å². The van der Waals surface area contributed by atoms with Crippen LogP contribution in [0.5, 0.6) is 5.75 Å². The van der Waals surface area contributed by atoms with Crippen molar-refractivity contribution in [1.82, 2.24) is 9.88 Å². The lowest BCUT2D eigenvalue weighted by molar-refractivity contribution is -0.135. The minimum Gasteiger partial charge on any atom is -0.494 e. The molecular formula is C31H28Cl3F2N3O4S. The molecule has 2 fully saturated rings. The number of carbonyl (C=O) groups is 2. The van der Waals surface area contributed by atoms with Gasteiger partial charge in [0, 0.05) is 34.8 Å². The van der Waals surface area contributed by atoms with Crippen molar-refractivity contribution in [2.75, 3.05) is 18.6 Å². The van der Waals surface area contributed by atoms with E-state index in [0.717, 1.165) is 66.6 Å². The zero-order chi connectivity index (χ0) is 31.6. The summed E-state index contributed by atoms with van der Waals surface area (Å²) >= 11 is 18.8. The number of amides is 2. The molecule has 2 aliphatic heterocycles. The standard InChI is InChI=1S/C31H28Cl3F2N3O4S/c1-16-18-15-38(14-17(18)12-21(25(16)43-2)39-11-5-10-30(29(39)42)8-4-9-30)28(41)24-22(13-23(31(34,35)36)37-27(24)40)44-26-19(32)6-3-7-20(26)33/h3,6-7,12-13H,4-5,8-11,14-15H2,1-2H3,(H,37,40). The molecule has 1 saturated carbocycles. The molecule has 1 aromatic heterocycles. The van der Waals surface area contributed by atoms with Crippen LogP contribution in [0.1, 0.15) is 64.8 Å². The van der Waals surface area contributed by atoms with Crippen LogP contribution in [0.2, 0.25) is 10.0 Å². The topological polar surface area (TPSA) is 82.7 Å². The van der Waals surface area contributed by atoms with Gasteiger partial charge in [0.05, 0.1) is 22.8 Å². The van der Waals surface area contributed by atoms with Crippen LogP contribution in [-0.4, -0.2) is 35.4 Å². The van der Waals surface area contributed by atoms with Crippen LogP contribution < -0.4 is 15.2 Å². The van der Waals surface area contributed by atoms with Crippen LogP contribution in [0.3, 0.4) is 0 Å². The van der Waals surface area contributed by atoms with Gasteiger partial charge in [-0.15, -0.1) is 0 Å². The number of halogens is 5. The molecule has 2 amide bonds. The highest BCUT2D eigenvalue weighted by molar-refractivity contribution is 7.99. The fraction of sp³-hybridized carbons (Fsp3) is 0.387. The van der Waals surface area contributed by atoms with Crippen molar-refractivity contribution in [3.8, 4) is 5.75 Å². The molecule has 0 bridgehead atoms. The van der Waals surface area contributed by atoms with Crippen LogP contribution in [0.25, 0.3) is 0 Å². The molecule has 232 valence electrons. The molecule has 6 rings (SSSR count). The van der Waals surface area contributed by atoms with Gasteiger partial charge in [0.25, 0.3) is 11.5 Å². The van der Waals surface area contributed by atoms with Gasteiger partial charge in [0.15, 0.2) is 0 Å². The molecule has 7 nitrogen and oxygen atoms in total. The number of piperidine rings is 1. The quantitative estimate of drug-likeness (QED) is 0.268. The largest absolute Gasteiger partial charge is 0.494 e. The highest BCUT2D eigenvalue weighted by Crippen LogP contribution is 2.51. The molecule has 2 aromatic carbocycles. The predicted octanol–water partition coefficient (Wildman–Crippen LogP) is 7.89. The molecule has 3 aromatic rings. The van der Waals surface area contributed by atoms with E-state index in [-0.39, 0.29) is 44.9 Å². The second kappa shape index (κ2) is 11.5. The van der Waals surface area contributed by atoms with Gasteiger partial charge >= 0.3 is 5.38 Å². The zero-order valence-corrected chi connectivity index (χ0v) is 27.0. The Balaban J connectivity index is 1.37. The highest BCUT2D eigenvalue weighted by atomic mass is 35.5. The SMILES string of the molecule is COc1c(N2CCCC3(CCC3)C2=O)cc2c(c1C)CN(C(=O)c1c(Sc3c(Cl)cccc3Cl)cc(C(F)(F)Cl)[nH]c1=O)C2. The number of ether oxygens (including phenoxy) is 1. The lowest BCUT2D eigenvalue weighted by Gasteiger charge is -2.47. The molecular weight excluding hydrogens is 655 g/mol. The Hall–Kier alpha value is -2.79. The maximum absolute atomic E-state index is 14.1. The maximum Gasteiger partial charge on any atom is 0.362 e. The van der Waals surface area contributed by atoms with Crippen LogP contribution in [0, 0.1) is 12.3 Å². The third-order valence-electron chi connectivity index (χ3n) is 8.91. The number of pyridine rings is 1. The number of hydrogen-bond acceptors (Lipinski definition) is 5. The summed E-state index contributed by atoms with van der Waals surface area (Å²) in [6, 6.07) is 7.61. The average molecular weight is 683 g/mol. The normalized spacial score (nSPS) is 17.6. The van der Waals surface area contributed by atoms with Crippen LogP contribution in [0.15, 0.2) is 44.9 Å². The lowest BCUT2D eigenvalue weighted by atomic mass is 9.63. The summed E-state index contributed by atoms with van der Waals surface area (Å²) in [7, 11) is 1.56. The Kier molecular flexibility index (Phi) is 8.18. The first-order valence-electron chi connectivity index (χ1n) is 14.1. The Labute approximate surface area is 271 Å². The number of alkyl halides is 3. The van der Waals surface area contributed by atoms with Crippen molar-refractivity contribution in [1.29, 1.82) is 0 Å². The Bertz CT molecular complexity index is 1740. The average Bonchev–Trinajstić information content (AvgIpc) is 3.38. The molecule has 44 heavy (non-hydrogen) atoms. The summed E-state index contributed by atoms with van der Waals surface area (Å²) in [5.41, 5.74) is 0.591. The summed E-state index contributed by atoms with van der Waals surface area (Å²) < 4.78 is 34.1. The number of fused-ring (bicyclic) bond motifs is 1. The van der Waals surface area contributed by atoms with E-state index in [4.69, 9.17) is 39.5 Å². The molecule has 0 radical (unpaired) electrons. The van der Waals surface area contributed by atoms with E-state index in [1.165, 1.54) is 4.90 Å². The molecule has 3 aliphatic rings. The molecule has 0 atom stereocenters. The Morgan fingerprint density at radius 1 is 1.09 bits per heavy atom. The monoisotopic (exact) mass is 681 g/mol. The van der Waals surface area contributed by atoms with Gasteiger partial charge in [-0.3, -0.25) is 14.4 Å². The molecule has 0 unspecified atom stereocenters. The number of rotatable bonds is 6. The third-order valence-corrected chi connectivity index (χ3v) is 11.2. The maximum atomic E-state index is 14.1.